The molecule has 2 N–H and O–H groups in total. The van der Waals surface area contributed by atoms with Crippen molar-refractivity contribution in [3.8, 4) is 0 Å². The van der Waals surface area contributed by atoms with Crippen molar-refractivity contribution in [1.29, 1.82) is 0 Å². The molecule has 0 radical (unpaired) electrons. The Labute approximate surface area is 181 Å². The number of nitrogens with zero attached hydrogens (tertiary/aromatic N) is 3. The Hall–Kier alpha value is -1.06. The Bertz CT molecular complexity index is 581. The number of ether oxygens (including phenoxy) is 1. The summed E-state index contributed by atoms with van der Waals surface area (Å²) < 4.78 is 5.09. The molecule has 0 saturated heterocycles. The number of hydrogen-bond acceptors (Lipinski definition) is 4. The summed E-state index contributed by atoms with van der Waals surface area (Å²) in [6, 6.07) is 6.79. The molecule has 2 rings (SSSR count). The zero-order valence-corrected chi connectivity index (χ0v) is 19.6. The number of aryl methyl sites for hydroxylation is 1. The third-order valence-corrected chi connectivity index (χ3v) is 4.85. The van der Waals surface area contributed by atoms with Gasteiger partial charge in [0, 0.05) is 66.2 Å². The molecule has 0 bridgehead atoms. The number of aliphatic imine (C=N–C) groups is 1. The summed E-state index contributed by atoms with van der Waals surface area (Å²) in [6.07, 6.45) is 3.48. The highest BCUT2D eigenvalue weighted by Crippen LogP contribution is 2.26. The molecule has 1 aliphatic heterocycles. The van der Waals surface area contributed by atoms with E-state index in [1.54, 1.807) is 7.11 Å². The molecule has 1 aliphatic rings. The smallest absolute Gasteiger partial charge is 0.191 e. The Balaban J connectivity index is 0.00000364. The van der Waals surface area contributed by atoms with E-state index in [2.05, 4.69) is 57.7 Å². The van der Waals surface area contributed by atoms with E-state index in [0.29, 0.717) is 0 Å². The molecular formula is C20H36IN5O. The summed E-state index contributed by atoms with van der Waals surface area (Å²) in [6.45, 7) is 5.66. The summed E-state index contributed by atoms with van der Waals surface area (Å²) in [5, 5.41) is 6.80. The zero-order chi connectivity index (χ0) is 18.8. The summed E-state index contributed by atoms with van der Waals surface area (Å²) >= 11 is 0. The highest BCUT2D eigenvalue weighted by Gasteiger charge is 2.13. The molecule has 1 aromatic rings. The molecule has 7 heteroatoms. The number of hydrogen-bond donors (Lipinski definition) is 2. The molecule has 27 heavy (non-hydrogen) atoms. The number of rotatable bonds is 9. The van der Waals surface area contributed by atoms with Crippen LogP contribution in [0.25, 0.3) is 0 Å². The Morgan fingerprint density at radius 1 is 1.30 bits per heavy atom. The summed E-state index contributed by atoms with van der Waals surface area (Å²) in [7, 11) is 7.88. The largest absolute Gasteiger partial charge is 0.385 e. The first-order valence-electron chi connectivity index (χ1n) is 9.59. The minimum absolute atomic E-state index is 0. The van der Waals surface area contributed by atoms with Crippen molar-refractivity contribution in [2.75, 3.05) is 65.9 Å². The number of methoxy groups -OCH3 is 1. The van der Waals surface area contributed by atoms with E-state index in [4.69, 9.17) is 4.74 Å². The van der Waals surface area contributed by atoms with Crippen molar-refractivity contribution in [2.45, 2.75) is 25.8 Å². The molecule has 0 fully saturated rings. The lowest BCUT2D eigenvalue weighted by Crippen LogP contribution is -2.40. The Morgan fingerprint density at radius 2 is 2.11 bits per heavy atom. The van der Waals surface area contributed by atoms with Crippen LogP contribution in [0.5, 0.6) is 0 Å². The fourth-order valence-electron chi connectivity index (χ4n) is 3.31. The number of nitrogens with one attached hydrogen (secondary N) is 2. The van der Waals surface area contributed by atoms with Crippen LogP contribution in [0.3, 0.4) is 0 Å². The van der Waals surface area contributed by atoms with Gasteiger partial charge in [0.05, 0.1) is 0 Å². The first kappa shape index (κ1) is 24.0. The van der Waals surface area contributed by atoms with Crippen molar-refractivity contribution < 1.29 is 4.74 Å². The predicted octanol–water partition coefficient (Wildman–Crippen LogP) is 2.32. The molecule has 0 aliphatic carbocycles. The summed E-state index contributed by atoms with van der Waals surface area (Å²) in [5.41, 5.74) is 4.14. The standard InChI is InChI=1S/C20H35N5O.HI/c1-21-20(22-10-13-24(2)11-6-14-26-4)23-16-17-8-9-19-18(15-17)7-5-12-25(19)3;/h8-9,15H,5-7,10-14,16H2,1-4H3,(H2,21,22,23);1H. The van der Waals surface area contributed by atoms with Gasteiger partial charge in [0.15, 0.2) is 5.96 Å². The van der Waals surface area contributed by atoms with Crippen LogP contribution < -0.4 is 15.5 Å². The van der Waals surface area contributed by atoms with E-state index in [0.717, 1.165) is 51.7 Å². The van der Waals surface area contributed by atoms with Crippen molar-refractivity contribution in [3.63, 3.8) is 0 Å². The summed E-state index contributed by atoms with van der Waals surface area (Å²) in [4.78, 5) is 8.97. The Kier molecular flexibility index (Phi) is 11.7. The molecule has 1 aromatic carbocycles. The first-order valence-corrected chi connectivity index (χ1v) is 9.59. The second kappa shape index (κ2) is 13.2. The van der Waals surface area contributed by atoms with Crippen LogP contribution in [-0.2, 0) is 17.7 Å². The van der Waals surface area contributed by atoms with Gasteiger partial charge in [-0.2, -0.15) is 0 Å². The average molecular weight is 489 g/mol. The highest BCUT2D eigenvalue weighted by molar-refractivity contribution is 14.0. The lowest BCUT2D eigenvalue weighted by molar-refractivity contribution is 0.180. The quantitative estimate of drug-likeness (QED) is 0.242. The lowest BCUT2D eigenvalue weighted by atomic mass is 9.99. The van der Waals surface area contributed by atoms with Crippen LogP contribution in [0, 0.1) is 0 Å². The van der Waals surface area contributed by atoms with Gasteiger partial charge < -0.3 is 25.2 Å². The predicted molar refractivity (Wildman–Crippen MR) is 126 cm³/mol. The number of anilines is 1. The van der Waals surface area contributed by atoms with Crippen LogP contribution in [0.2, 0.25) is 0 Å². The van der Waals surface area contributed by atoms with Gasteiger partial charge in [0.25, 0.3) is 0 Å². The molecular weight excluding hydrogens is 453 g/mol. The second-order valence-corrected chi connectivity index (χ2v) is 6.99. The number of benzene rings is 1. The van der Waals surface area contributed by atoms with Crippen molar-refractivity contribution in [3.05, 3.63) is 29.3 Å². The molecule has 154 valence electrons. The monoisotopic (exact) mass is 489 g/mol. The van der Waals surface area contributed by atoms with Gasteiger partial charge in [-0.15, -0.1) is 24.0 Å². The Morgan fingerprint density at radius 3 is 2.85 bits per heavy atom. The zero-order valence-electron chi connectivity index (χ0n) is 17.3. The molecule has 0 unspecified atom stereocenters. The maximum absolute atomic E-state index is 5.09. The molecule has 0 atom stereocenters. The number of fused-ring (bicyclic) bond motifs is 1. The van der Waals surface area contributed by atoms with Gasteiger partial charge in [-0.25, -0.2) is 0 Å². The fourth-order valence-corrected chi connectivity index (χ4v) is 3.31. The summed E-state index contributed by atoms with van der Waals surface area (Å²) in [5.74, 6) is 0.852. The molecule has 1 heterocycles. The maximum atomic E-state index is 5.09. The molecule has 0 spiro atoms. The topological polar surface area (TPSA) is 52.1 Å². The maximum Gasteiger partial charge on any atom is 0.191 e. The van der Waals surface area contributed by atoms with E-state index in [1.165, 1.54) is 29.7 Å². The van der Waals surface area contributed by atoms with Crippen LogP contribution in [0.15, 0.2) is 23.2 Å². The van der Waals surface area contributed by atoms with Crippen LogP contribution in [-0.4, -0.2) is 71.9 Å². The molecule has 0 aromatic heterocycles. The SMILES string of the molecule is CN=C(NCCN(C)CCCOC)NCc1ccc2c(c1)CCCN2C.I. The van der Waals surface area contributed by atoms with Crippen LogP contribution in [0.4, 0.5) is 5.69 Å². The minimum Gasteiger partial charge on any atom is -0.385 e. The molecule has 0 amide bonds. The average Bonchev–Trinajstić information content (AvgIpc) is 2.65. The number of guanidine groups is 1. The third-order valence-electron chi connectivity index (χ3n) is 4.85. The van der Waals surface area contributed by atoms with Gasteiger partial charge in [-0.1, -0.05) is 12.1 Å². The van der Waals surface area contributed by atoms with Crippen LogP contribution in [0.1, 0.15) is 24.0 Å². The van der Waals surface area contributed by atoms with Crippen molar-refractivity contribution in [1.82, 2.24) is 15.5 Å². The first-order chi connectivity index (χ1) is 12.6. The fraction of sp³-hybridized carbons (Fsp3) is 0.650. The van der Waals surface area contributed by atoms with Gasteiger partial charge in [0.2, 0.25) is 0 Å². The van der Waals surface area contributed by atoms with E-state index in [9.17, 15) is 0 Å². The minimum atomic E-state index is 0. The van der Waals surface area contributed by atoms with E-state index in [1.807, 2.05) is 7.05 Å². The van der Waals surface area contributed by atoms with Crippen LogP contribution >= 0.6 is 24.0 Å². The van der Waals surface area contributed by atoms with Gasteiger partial charge in [-0.05, 0) is 43.5 Å². The van der Waals surface area contributed by atoms with Gasteiger partial charge in [-0.3, -0.25) is 4.99 Å². The number of likely N-dealkylation sites (N-methyl/N-ethyl adjacent to an activating group) is 1. The normalized spacial score (nSPS) is 14.0. The second-order valence-electron chi connectivity index (χ2n) is 6.99. The number of halogens is 1. The van der Waals surface area contributed by atoms with E-state index >= 15 is 0 Å². The van der Waals surface area contributed by atoms with Crippen molar-refractivity contribution >= 4 is 35.6 Å². The van der Waals surface area contributed by atoms with E-state index < -0.39 is 0 Å². The van der Waals surface area contributed by atoms with Crippen molar-refractivity contribution in [2.24, 2.45) is 4.99 Å². The molecule has 0 saturated carbocycles. The highest BCUT2D eigenvalue weighted by atomic mass is 127. The molecule has 6 nitrogen and oxygen atoms in total. The lowest BCUT2D eigenvalue weighted by Gasteiger charge is -2.28. The van der Waals surface area contributed by atoms with Gasteiger partial charge in [0.1, 0.15) is 0 Å². The van der Waals surface area contributed by atoms with E-state index in [-0.39, 0.29) is 24.0 Å². The van der Waals surface area contributed by atoms with Gasteiger partial charge >= 0.3 is 0 Å². The third kappa shape index (κ3) is 8.23.